The van der Waals surface area contributed by atoms with E-state index in [9.17, 15) is 4.79 Å². The van der Waals surface area contributed by atoms with Crippen LogP contribution in [0.1, 0.15) is 53.6 Å². The zero-order valence-electron chi connectivity index (χ0n) is 14.8. The zero-order chi connectivity index (χ0) is 17.4. The molecule has 2 fully saturated rings. The van der Waals surface area contributed by atoms with E-state index in [1.54, 1.807) is 0 Å². The van der Waals surface area contributed by atoms with Gasteiger partial charge < -0.3 is 4.90 Å². The second-order valence-corrected chi connectivity index (χ2v) is 8.21. The molecule has 1 amide bonds. The number of thiophene rings is 1. The average Bonchev–Trinajstić information content (AvgIpc) is 3.42. The van der Waals surface area contributed by atoms with Crippen LogP contribution in [-0.4, -0.2) is 63.1 Å². The molecule has 0 bridgehead atoms. The van der Waals surface area contributed by atoms with Gasteiger partial charge in [0.2, 0.25) is 0 Å². The number of likely N-dealkylation sites (tertiary alicyclic amines) is 1. The summed E-state index contributed by atoms with van der Waals surface area (Å²) in [5, 5.41) is 14.7. The lowest BCUT2D eigenvalue weighted by molar-refractivity contribution is 0.0742. The minimum atomic E-state index is -0.320. The van der Waals surface area contributed by atoms with E-state index < -0.39 is 0 Å². The van der Waals surface area contributed by atoms with Gasteiger partial charge >= 0.3 is 0 Å². The third-order valence-electron chi connectivity index (χ3n) is 5.70. The van der Waals surface area contributed by atoms with Crippen LogP contribution < -0.4 is 0 Å². The lowest BCUT2D eigenvalue weighted by Crippen LogP contribution is -2.47. The van der Waals surface area contributed by atoms with Gasteiger partial charge in [-0.15, -0.1) is 16.4 Å². The molecule has 2 aromatic heterocycles. The molecule has 1 saturated heterocycles. The number of amides is 1. The summed E-state index contributed by atoms with van der Waals surface area (Å²) < 4.78 is 2.03. The Morgan fingerprint density at radius 1 is 1.36 bits per heavy atom. The molecule has 2 aromatic rings. The van der Waals surface area contributed by atoms with Crippen LogP contribution in [0.15, 0.2) is 17.5 Å². The van der Waals surface area contributed by atoms with Gasteiger partial charge in [0.1, 0.15) is 5.54 Å². The van der Waals surface area contributed by atoms with Crippen molar-refractivity contribution in [3.8, 4) is 0 Å². The summed E-state index contributed by atoms with van der Waals surface area (Å²) in [5.74, 6) is 1.02. The fraction of sp³-hybridized carbons (Fsp3) is 0.647. The Morgan fingerprint density at radius 3 is 2.84 bits per heavy atom. The maximum absolute atomic E-state index is 12.8. The molecule has 1 aliphatic carbocycles. The van der Waals surface area contributed by atoms with Crippen LogP contribution in [0, 0.1) is 0 Å². The highest BCUT2D eigenvalue weighted by Gasteiger charge is 2.48. The molecule has 3 heterocycles. The van der Waals surface area contributed by atoms with E-state index in [0.717, 1.165) is 36.5 Å². The van der Waals surface area contributed by atoms with E-state index in [2.05, 4.69) is 34.5 Å². The van der Waals surface area contributed by atoms with E-state index >= 15 is 0 Å². The van der Waals surface area contributed by atoms with Gasteiger partial charge in [-0.05, 0) is 55.2 Å². The number of rotatable bonds is 4. The molecule has 1 saturated carbocycles. The van der Waals surface area contributed by atoms with E-state index in [1.807, 2.05) is 27.1 Å². The standard InChI is InChI=1S/C17H24N6OS/c1-21(2)17(16-18-19-20-23(16)13-6-3-4-7-13)9-10-22(12-17)15(24)14-8-5-11-25-14/h5,8,11,13H,3-4,6-7,9-10,12H2,1-2H3. The molecule has 25 heavy (non-hydrogen) atoms. The summed E-state index contributed by atoms with van der Waals surface area (Å²) in [4.78, 5) is 17.7. The van der Waals surface area contributed by atoms with Crippen molar-refractivity contribution in [2.75, 3.05) is 27.2 Å². The lowest BCUT2D eigenvalue weighted by Gasteiger charge is -2.35. The van der Waals surface area contributed by atoms with E-state index in [-0.39, 0.29) is 11.4 Å². The summed E-state index contributed by atoms with van der Waals surface area (Å²) >= 11 is 1.50. The fourth-order valence-electron chi connectivity index (χ4n) is 4.17. The molecule has 7 nitrogen and oxygen atoms in total. The molecular weight excluding hydrogens is 336 g/mol. The van der Waals surface area contributed by atoms with Crippen molar-refractivity contribution in [2.45, 2.75) is 43.7 Å². The predicted molar refractivity (Wildman–Crippen MR) is 95.5 cm³/mol. The molecule has 0 spiro atoms. The zero-order valence-corrected chi connectivity index (χ0v) is 15.6. The molecule has 0 aromatic carbocycles. The van der Waals surface area contributed by atoms with Crippen LogP contribution in [0.4, 0.5) is 0 Å². The number of likely N-dealkylation sites (N-methyl/N-ethyl adjacent to an activating group) is 1. The topological polar surface area (TPSA) is 67.2 Å². The minimum Gasteiger partial charge on any atom is -0.336 e. The van der Waals surface area contributed by atoms with Gasteiger partial charge in [-0.1, -0.05) is 18.9 Å². The molecule has 1 aliphatic heterocycles. The Labute approximate surface area is 151 Å². The molecule has 1 unspecified atom stereocenters. The van der Waals surface area contributed by atoms with Gasteiger partial charge in [0.15, 0.2) is 5.82 Å². The summed E-state index contributed by atoms with van der Waals surface area (Å²) in [6.07, 6.45) is 5.60. The number of hydrogen-bond donors (Lipinski definition) is 0. The molecule has 0 radical (unpaired) electrons. The Hall–Kier alpha value is -1.80. The van der Waals surface area contributed by atoms with Crippen molar-refractivity contribution in [1.29, 1.82) is 0 Å². The van der Waals surface area contributed by atoms with Gasteiger partial charge in [-0.25, -0.2) is 4.68 Å². The van der Waals surface area contributed by atoms with Crippen molar-refractivity contribution >= 4 is 17.2 Å². The van der Waals surface area contributed by atoms with Gasteiger partial charge in [0.05, 0.1) is 10.9 Å². The van der Waals surface area contributed by atoms with Gasteiger partial charge in [0.25, 0.3) is 5.91 Å². The highest BCUT2D eigenvalue weighted by molar-refractivity contribution is 7.12. The Balaban J connectivity index is 1.64. The molecule has 1 atom stereocenters. The Bertz CT molecular complexity index is 736. The molecule has 8 heteroatoms. The first kappa shape index (κ1) is 16.7. The molecule has 2 aliphatic rings. The summed E-state index contributed by atoms with van der Waals surface area (Å²) in [6, 6.07) is 4.21. The summed E-state index contributed by atoms with van der Waals surface area (Å²) in [5.41, 5.74) is -0.320. The number of nitrogens with zero attached hydrogens (tertiary/aromatic N) is 6. The fourth-order valence-corrected chi connectivity index (χ4v) is 4.86. The maximum atomic E-state index is 12.8. The number of aromatic nitrogens is 4. The normalized spacial score (nSPS) is 24.5. The van der Waals surface area contributed by atoms with Crippen LogP contribution in [-0.2, 0) is 5.54 Å². The minimum absolute atomic E-state index is 0.110. The van der Waals surface area contributed by atoms with Crippen LogP contribution in [0.2, 0.25) is 0 Å². The van der Waals surface area contributed by atoms with Crippen molar-refractivity contribution in [1.82, 2.24) is 30.0 Å². The van der Waals surface area contributed by atoms with Crippen molar-refractivity contribution in [3.05, 3.63) is 28.2 Å². The van der Waals surface area contributed by atoms with E-state index in [1.165, 1.54) is 24.2 Å². The second-order valence-electron chi connectivity index (χ2n) is 7.27. The SMILES string of the molecule is CN(C)C1(c2nnnn2C2CCCC2)CCN(C(=O)c2cccs2)C1. The highest BCUT2D eigenvalue weighted by atomic mass is 32.1. The van der Waals surface area contributed by atoms with Gasteiger partial charge in [-0.3, -0.25) is 9.69 Å². The summed E-state index contributed by atoms with van der Waals surface area (Å²) in [6.45, 7) is 1.36. The first-order valence-corrected chi connectivity index (χ1v) is 9.78. The smallest absolute Gasteiger partial charge is 0.263 e. The van der Waals surface area contributed by atoms with Crippen LogP contribution in [0.5, 0.6) is 0 Å². The lowest BCUT2D eigenvalue weighted by atomic mass is 9.95. The molecular formula is C17H24N6OS. The highest BCUT2D eigenvalue weighted by Crippen LogP contribution is 2.39. The second kappa shape index (κ2) is 6.49. The van der Waals surface area contributed by atoms with Crippen LogP contribution in [0.25, 0.3) is 0 Å². The number of carbonyl (C=O) groups excluding carboxylic acids is 1. The van der Waals surface area contributed by atoms with Crippen molar-refractivity contribution < 1.29 is 4.79 Å². The maximum Gasteiger partial charge on any atom is 0.263 e. The third kappa shape index (κ3) is 2.77. The third-order valence-corrected chi connectivity index (χ3v) is 6.56. The van der Waals surface area contributed by atoms with Gasteiger partial charge in [-0.2, -0.15) is 0 Å². The first-order chi connectivity index (χ1) is 12.1. The predicted octanol–water partition coefficient (Wildman–Crippen LogP) is 2.15. The van der Waals surface area contributed by atoms with Gasteiger partial charge in [0, 0.05) is 13.1 Å². The number of tetrazole rings is 1. The number of hydrogen-bond acceptors (Lipinski definition) is 6. The Morgan fingerprint density at radius 2 is 2.16 bits per heavy atom. The van der Waals surface area contributed by atoms with Crippen LogP contribution in [0.3, 0.4) is 0 Å². The van der Waals surface area contributed by atoms with E-state index in [4.69, 9.17) is 0 Å². The average molecular weight is 360 g/mol. The van der Waals surface area contributed by atoms with Crippen LogP contribution >= 0.6 is 11.3 Å². The number of carbonyl (C=O) groups is 1. The molecule has 134 valence electrons. The molecule has 4 rings (SSSR count). The van der Waals surface area contributed by atoms with E-state index in [0.29, 0.717) is 12.6 Å². The molecule has 0 N–H and O–H groups in total. The Kier molecular flexibility index (Phi) is 4.33. The largest absolute Gasteiger partial charge is 0.336 e. The van der Waals surface area contributed by atoms with Crippen molar-refractivity contribution in [3.63, 3.8) is 0 Å². The quantitative estimate of drug-likeness (QED) is 0.836. The summed E-state index contributed by atoms with van der Waals surface area (Å²) in [7, 11) is 4.12. The monoisotopic (exact) mass is 360 g/mol. The first-order valence-electron chi connectivity index (χ1n) is 8.90. The van der Waals surface area contributed by atoms with Crippen molar-refractivity contribution in [2.24, 2.45) is 0 Å².